The van der Waals surface area contributed by atoms with Gasteiger partial charge in [0.1, 0.15) is 12.4 Å². The summed E-state index contributed by atoms with van der Waals surface area (Å²) in [6.07, 6.45) is 0.561. The molecule has 0 atom stereocenters. The lowest BCUT2D eigenvalue weighted by Gasteiger charge is -2.11. The van der Waals surface area contributed by atoms with Gasteiger partial charge in [-0.2, -0.15) is 0 Å². The van der Waals surface area contributed by atoms with Crippen LogP contribution in [-0.4, -0.2) is 27.9 Å². The molecule has 6 nitrogen and oxygen atoms in total. The monoisotopic (exact) mass is 364 g/mol. The molecule has 0 aliphatic rings. The molecule has 2 N–H and O–H groups in total. The largest absolute Gasteiger partial charge is 0.355 e. The van der Waals surface area contributed by atoms with Crippen LogP contribution < -0.4 is 10.6 Å². The maximum atomic E-state index is 12.5. The zero-order valence-electron chi connectivity index (χ0n) is 15.6. The molecular weight excluding hydrogens is 340 g/mol. The number of fused-ring (bicyclic) bond motifs is 1. The summed E-state index contributed by atoms with van der Waals surface area (Å²) < 4.78 is 1.91. The van der Waals surface area contributed by atoms with Crippen molar-refractivity contribution < 1.29 is 9.59 Å². The van der Waals surface area contributed by atoms with E-state index < -0.39 is 0 Å². The molecule has 2 amide bonds. The highest BCUT2D eigenvalue weighted by Gasteiger charge is 2.14. The van der Waals surface area contributed by atoms with Gasteiger partial charge in [-0.3, -0.25) is 9.59 Å². The number of nitrogens with zero attached hydrogens (tertiary/aromatic N) is 2. The first-order valence-electron chi connectivity index (χ1n) is 9.11. The van der Waals surface area contributed by atoms with E-state index in [2.05, 4.69) is 15.6 Å². The van der Waals surface area contributed by atoms with Crippen LogP contribution in [-0.2, 0) is 22.6 Å². The molecule has 3 aromatic rings. The first kappa shape index (κ1) is 18.6. The van der Waals surface area contributed by atoms with Crippen molar-refractivity contribution in [1.29, 1.82) is 0 Å². The number of aromatic nitrogens is 2. The minimum absolute atomic E-state index is 0.0134. The molecule has 6 heteroatoms. The summed E-state index contributed by atoms with van der Waals surface area (Å²) in [5.41, 5.74) is 2.51. The van der Waals surface area contributed by atoms with E-state index in [0.29, 0.717) is 13.0 Å². The van der Waals surface area contributed by atoms with Gasteiger partial charge in [-0.25, -0.2) is 4.98 Å². The molecule has 0 unspecified atom stereocenters. The Morgan fingerprint density at radius 1 is 1.04 bits per heavy atom. The van der Waals surface area contributed by atoms with Crippen LogP contribution in [0.5, 0.6) is 0 Å². The summed E-state index contributed by atoms with van der Waals surface area (Å²) in [5, 5.41) is 5.81. The lowest BCUT2D eigenvalue weighted by Crippen LogP contribution is -2.30. The summed E-state index contributed by atoms with van der Waals surface area (Å²) in [4.78, 5) is 28.9. The van der Waals surface area contributed by atoms with Crippen molar-refractivity contribution in [3.05, 3.63) is 60.4 Å². The molecule has 0 aliphatic heterocycles. The predicted molar refractivity (Wildman–Crippen MR) is 106 cm³/mol. The Labute approximate surface area is 158 Å². The highest BCUT2D eigenvalue weighted by atomic mass is 16.2. The van der Waals surface area contributed by atoms with Crippen LogP contribution in [0, 0.1) is 5.92 Å². The van der Waals surface area contributed by atoms with Crippen molar-refractivity contribution in [3.8, 4) is 0 Å². The van der Waals surface area contributed by atoms with E-state index in [9.17, 15) is 9.59 Å². The third-order valence-electron chi connectivity index (χ3n) is 4.27. The molecule has 3 rings (SSSR count). The highest BCUT2D eigenvalue weighted by molar-refractivity contribution is 5.91. The van der Waals surface area contributed by atoms with Gasteiger partial charge in [0.05, 0.1) is 11.0 Å². The Balaban J connectivity index is 1.76. The summed E-state index contributed by atoms with van der Waals surface area (Å²) in [6.45, 7) is 4.38. The fraction of sp³-hybridized carbons (Fsp3) is 0.286. The molecule has 1 heterocycles. The SMILES string of the molecule is CC(C)C(=O)NCCc1nc2ccccc2n1CC(=O)Nc1ccccc1. The minimum atomic E-state index is -0.114. The summed E-state index contributed by atoms with van der Waals surface area (Å²) in [6, 6.07) is 17.1. The molecule has 2 aromatic carbocycles. The Morgan fingerprint density at radius 3 is 2.48 bits per heavy atom. The van der Waals surface area contributed by atoms with Crippen molar-refractivity contribution in [3.63, 3.8) is 0 Å². The molecule has 0 saturated carbocycles. The van der Waals surface area contributed by atoms with E-state index in [-0.39, 0.29) is 24.3 Å². The lowest BCUT2D eigenvalue weighted by atomic mass is 10.2. The first-order valence-corrected chi connectivity index (χ1v) is 9.11. The number of rotatable bonds is 7. The second-order valence-electron chi connectivity index (χ2n) is 6.71. The third-order valence-corrected chi connectivity index (χ3v) is 4.27. The van der Waals surface area contributed by atoms with Gasteiger partial charge in [-0.1, -0.05) is 44.2 Å². The van der Waals surface area contributed by atoms with Gasteiger partial charge in [0, 0.05) is 24.6 Å². The lowest BCUT2D eigenvalue weighted by molar-refractivity contribution is -0.124. The molecule has 0 aliphatic carbocycles. The van der Waals surface area contributed by atoms with Crippen LogP contribution in [0.15, 0.2) is 54.6 Å². The first-order chi connectivity index (χ1) is 13.0. The quantitative estimate of drug-likeness (QED) is 0.677. The average Bonchev–Trinajstić information content (AvgIpc) is 3.00. The van der Waals surface area contributed by atoms with Crippen molar-refractivity contribution in [2.45, 2.75) is 26.8 Å². The van der Waals surface area contributed by atoms with E-state index in [4.69, 9.17) is 0 Å². The molecule has 0 spiro atoms. The van der Waals surface area contributed by atoms with Crippen LogP contribution in [0.25, 0.3) is 11.0 Å². The maximum Gasteiger partial charge on any atom is 0.244 e. The molecule has 27 heavy (non-hydrogen) atoms. The molecule has 0 radical (unpaired) electrons. The molecular formula is C21H24N4O2. The minimum Gasteiger partial charge on any atom is -0.355 e. The van der Waals surface area contributed by atoms with Crippen molar-refractivity contribution in [2.24, 2.45) is 5.92 Å². The van der Waals surface area contributed by atoms with Crippen LogP contribution in [0.1, 0.15) is 19.7 Å². The molecule has 140 valence electrons. The number of benzene rings is 2. The average molecular weight is 364 g/mol. The van der Waals surface area contributed by atoms with Crippen LogP contribution in [0.3, 0.4) is 0 Å². The van der Waals surface area contributed by atoms with E-state index in [1.54, 1.807) is 0 Å². The van der Waals surface area contributed by atoms with Crippen molar-refractivity contribution in [2.75, 3.05) is 11.9 Å². The fourth-order valence-corrected chi connectivity index (χ4v) is 2.86. The molecule has 0 fully saturated rings. The topological polar surface area (TPSA) is 76.0 Å². The summed E-state index contributed by atoms with van der Waals surface area (Å²) in [5.74, 6) is 0.625. The molecule has 0 bridgehead atoms. The second-order valence-corrected chi connectivity index (χ2v) is 6.71. The molecule has 1 aromatic heterocycles. The second kappa shape index (κ2) is 8.49. The van der Waals surface area contributed by atoms with Crippen molar-refractivity contribution in [1.82, 2.24) is 14.9 Å². The number of hydrogen-bond acceptors (Lipinski definition) is 3. The number of carbonyl (C=O) groups excluding carboxylic acids is 2. The zero-order valence-corrected chi connectivity index (χ0v) is 15.6. The Hall–Kier alpha value is -3.15. The Kier molecular flexibility index (Phi) is 5.86. The highest BCUT2D eigenvalue weighted by Crippen LogP contribution is 2.17. The molecule has 0 saturated heterocycles. The number of para-hydroxylation sites is 3. The van der Waals surface area contributed by atoms with Gasteiger partial charge in [0.2, 0.25) is 11.8 Å². The third kappa shape index (κ3) is 4.73. The number of imidazole rings is 1. The Morgan fingerprint density at radius 2 is 1.74 bits per heavy atom. The smallest absolute Gasteiger partial charge is 0.244 e. The number of nitrogens with one attached hydrogen (secondary N) is 2. The van der Waals surface area contributed by atoms with Gasteiger partial charge in [0.25, 0.3) is 0 Å². The number of amides is 2. The number of carbonyl (C=O) groups is 2. The van der Waals surface area contributed by atoms with Crippen molar-refractivity contribution >= 4 is 28.5 Å². The van der Waals surface area contributed by atoms with E-state index in [0.717, 1.165) is 22.5 Å². The van der Waals surface area contributed by atoms with E-state index in [1.165, 1.54) is 0 Å². The fourth-order valence-electron chi connectivity index (χ4n) is 2.86. The zero-order chi connectivity index (χ0) is 19.2. The van der Waals surface area contributed by atoms with E-state index >= 15 is 0 Å². The van der Waals surface area contributed by atoms with Crippen LogP contribution in [0.2, 0.25) is 0 Å². The van der Waals surface area contributed by atoms with Gasteiger partial charge in [0.15, 0.2) is 0 Å². The summed E-state index contributed by atoms with van der Waals surface area (Å²) >= 11 is 0. The normalized spacial score (nSPS) is 10.9. The number of hydrogen-bond donors (Lipinski definition) is 2. The number of anilines is 1. The van der Waals surface area contributed by atoms with Gasteiger partial charge >= 0.3 is 0 Å². The van der Waals surface area contributed by atoms with Gasteiger partial charge in [-0.15, -0.1) is 0 Å². The van der Waals surface area contributed by atoms with Gasteiger partial charge in [-0.05, 0) is 24.3 Å². The van der Waals surface area contributed by atoms with E-state index in [1.807, 2.05) is 73.0 Å². The standard InChI is InChI=1S/C21H24N4O2/c1-15(2)21(27)22-13-12-19-24-17-10-6-7-11-18(17)25(19)14-20(26)23-16-8-4-3-5-9-16/h3-11,15H,12-14H2,1-2H3,(H,22,27)(H,23,26). The maximum absolute atomic E-state index is 12.5. The Bertz CT molecular complexity index is 932. The predicted octanol–water partition coefficient (Wildman–Crippen LogP) is 2.99. The van der Waals surface area contributed by atoms with Crippen LogP contribution >= 0.6 is 0 Å². The summed E-state index contributed by atoms with van der Waals surface area (Å²) in [7, 11) is 0. The van der Waals surface area contributed by atoms with Gasteiger partial charge < -0.3 is 15.2 Å². The van der Waals surface area contributed by atoms with Crippen LogP contribution in [0.4, 0.5) is 5.69 Å².